The molecule has 0 fully saturated rings. The summed E-state index contributed by atoms with van der Waals surface area (Å²) in [6, 6.07) is 5.54. The predicted octanol–water partition coefficient (Wildman–Crippen LogP) is 4.38. The highest BCUT2D eigenvalue weighted by Gasteiger charge is 2.34. The number of esters is 1. The molecule has 2 aromatic rings. The molecule has 1 atom stereocenters. The number of benzene rings is 1. The molecule has 0 saturated carbocycles. The Balaban J connectivity index is 1.75. The van der Waals surface area contributed by atoms with Gasteiger partial charge in [-0.2, -0.15) is 10.1 Å². The Morgan fingerprint density at radius 2 is 1.90 bits per heavy atom. The number of hydrogen-bond donors (Lipinski definition) is 1. The van der Waals surface area contributed by atoms with Crippen molar-refractivity contribution >= 4 is 17.6 Å². The van der Waals surface area contributed by atoms with E-state index in [0.717, 1.165) is 19.3 Å². The molecule has 0 radical (unpaired) electrons. The number of anilines is 1. The van der Waals surface area contributed by atoms with E-state index in [0.29, 0.717) is 29.4 Å². The second-order valence-corrected chi connectivity index (χ2v) is 7.35. The van der Waals surface area contributed by atoms with Crippen molar-refractivity contribution in [2.45, 2.75) is 58.4 Å². The maximum absolute atomic E-state index is 12.9. The molecule has 3 rings (SSSR count). The molecule has 0 spiro atoms. The van der Waals surface area contributed by atoms with Gasteiger partial charge in [0.2, 0.25) is 5.95 Å². The van der Waals surface area contributed by atoms with E-state index in [1.54, 1.807) is 23.7 Å². The molecular weight excluding hydrogens is 386 g/mol. The number of ether oxygens (including phenoxy) is 1. The summed E-state index contributed by atoms with van der Waals surface area (Å²) in [6.45, 7) is 4.33. The van der Waals surface area contributed by atoms with Crippen molar-refractivity contribution in [2.75, 3.05) is 11.9 Å². The lowest BCUT2D eigenvalue weighted by Gasteiger charge is -2.28. The minimum Gasteiger partial charge on any atom is -0.462 e. The lowest BCUT2D eigenvalue weighted by atomic mass is 9.95. The van der Waals surface area contributed by atoms with Crippen LogP contribution in [0.1, 0.15) is 64.0 Å². The number of nitro benzene ring substituents is 1. The summed E-state index contributed by atoms with van der Waals surface area (Å²) in [5.41, 5.74) is 1.73. The number of carbonyl (C=O) groups is 1. The number of unbranched alkanes of at least 4 members (excludes halogenated alkanes) is 5. The summed E-state index contributed by atoms with van der Waals surface area (Å²) < 4.78 is 7.15. The Kier molecular flexibility index (Phi) is 7.16. The van der Waals surface area contributed by atoms with Crippen LogP contribution >= 0.6 is 0 Å². The van der Waals surface area contributed by atoms with Crippen LogP contribution in [0.2, 0.25) is 0 Å². The molecule has 9 nitrogen and oxygen atoms in total. The number of nitrogens with zero attached hydrogens (tertiary/aromatic N) is 4. The summed E-state index contributed by atoms with van der Waals surface area (Å²) >= 11 is 0. The Morgan fingerprint density at radius 1 is 1.20 bits per heavy atom. The number of hydrogen-bond acceptors (Lipinski definition) is 7. The van der Waals surface area contributed by atoms with Gasteiger partial charge >= 0.3 is 5.97 Å². The van der Waals surface area contributed by atoms with Crippen LogP contribution in [0.15, 0.2) is 41.9 Å². The van der Waals surface area contributed by atoms with Gasteiger partial charge in [-0.3, -0.25) is 10.1 Å². The van der Waals surface area contributed by atoms with Crippen molar-refractivity contribution in [3.05, 3.63) is 57.5 Å². The first-order valence-corrected chi connectivity index (χ1v) is 10.3. The summed E-state index contributed by atoms with van der Waals surface area (Å²) in [5.74, 6) is 0.0846. The second kappa shape index (κ2) is 10.00. The fraction of sp³-hybridized carbons (Fsp3) is 0.476. The lowest BCUT2D eigenvalue weighted by Crippen LogP contribution is -2.29. The third-order valence-electron chi connectivity index (χ3n) is 5.16. The number of fused-ring (bicyclic) bond motifs is 1. The van der Waals surface area contributed by atoms with Crippen molar-refractivity contribution in [1.82, 2.24) is 14.8 Å². The first kappa shape index (κ1) is 21.5. The van der Waals surface area contributed by atoms with Crippen molar-refractivity contribution in [2.24, 2.45) is 0 Å². The van der Waals surface area contributed by atoms with E-state index in [-0.39, 0.29) is 5.69 Å². The average molecular weight is 413 g/mol. The third kappa shape index (κ3) is 4.84. The van der Waals surface area contributed by atoms with Crippen LogP contribution in [0.4, 0.5) is 11.6 Å². The third-order valence-corrected chi connectivity index (χ3v) is 5.16. The molecule has 0 bridgehead atoms. The summed E-state index contributed by atoms with van der Waals surface area (Å²) in [7, 11) is 0. The minimum absolute atomic E-state index is 0.0144. The molecule has 160 valence electrons. The van der Waals surface area contributed by atoms with Crippen LogP contribution in [-0.4, -0.2) is 32.3 Å². The number of rotatable bonds is 10. The Hall–Kier alpha value is -3.23. The molecule has 1 aromatic carbocycles. The van der Waals surface area contributed by atoms with Crippen LogP contribution in [0.25, 0.3) is 0 Å². The highest BCUT2D eigenvalue weighted by atomic mass is 16.6. The molecule has 1 aliphatic heterocycles. The van der Waals surface area contributed by atoms with Crippen LogP contribution in [0, 0.1) is 10.1 Å². The van der Waals surface area contributed by atoms with Gasteiger partial charge in [-0.15, -0.1) is 0 Å². The Bertz CT molecular complexity index is 920. The van der Waals surface area contributed by atoms with Crippen LogP contribution in [-0.2, 0) is 9.53 Å². The summed E-state index contributed by atoms with van der Waals surface area (Å²) in [6.07, 6.45) is 8.03. The van der Waals surface area contributed by atoms with Gasteiger partial charge in [0.15, 0.2) is 0 Å². The number of aromatic nitrogens is 3. The molecule has 0 amide bonds. The number of nitrogens with one attached hydrogen (secondary N) is 1. The fourth-order valence-corrected chi connectivity index (χ4v) is 3.57. The molecule has 2 heterocycles. The van der Waals surface area contributed by atoms with Crippen LogP contribution in [0.5, 0.6) is 0 Å². The van der Waals surface area contributed by atoms with E-state index < -0.39 is 16.9 Å². The van der Waals surface area contributed by atoms with E-state index in [2.05, 4.69) is 22.3 Å². The highest BCUT2D eigenvalue weighted by molar-refractivity contribution is 5.92. The largest absolute Gasteiger partial charge is 0.462 e. The van der Waals surface area contributed by atoms with Gasteiger partial charge in [0.05, 0.1) is 17.1 Å². The van der Waals surface area contributed by atoms with Crippen LogP contribution in [0.3, 0.4) is 0 Å². The normalized spacial score (nSPS) is 15.5. The first-order chi connectivity index (χ1) is 14.5. The molecule has 9 heteroatoms. The molecule has 1 aliphatic rings. The highest BCUT2D eigenvalue weighted by Crippen LogP contribution is 2.35. The number of nitro groups is 1. The van der Waals surface area contributed by atoms with Crippen molar-refractivity contribution in [1.29, 1.82) is 0 Å². The second-order valence-electron chi connectivity index (χ2n) is 7.35. The summed E-state index contributed by atoms with van der Waals surface area (Å²) in [5, 5.41) is 18.3. The molecule has 1 N–H and O–H groups in total. The average Bonchev–Trinajstić information content (AvgIpc) is 3.20. The van der Waals surface area contributed by atoms with Gasteiger partial charge in [-0.05, 0) is 31.0 Å². The fourth-order valence-electron chi connectivity index (χ4n) is 3.57. The predicted molar refractivity (Wildman–Crippen MR) is 112 cm³/mol. The molecular formula is C21H27N5O4. The zero-order chi connectivity index (χ0) is 21.5. The molecule has 1 aromatic heterocycles. The van der Waals surface area contributed by atoms with Gasteiger partial charge in [0.1, 0.15) is 12.4 Å². The van der Waals surface area contributed by atoms with E-state index >= 15 is 0 Å². The van der Waals surface area contributed by atoms with Crippen molar-refractivity contribution < 1.29 is 14.5 Å². The van der Waals surface area contributed by atoms with Crippen molar-refractivity contribution in [3.8, 4) is 0 Å². The molecule has 30 heavy (non-hydrogen) atoms. The lowest BCUT2D eigenvalue weighted by molar-refractivity contribution is -0.384. The molecule has 0 saturated heterocycles. The standard InChI is InChI=1S/C21H27N5O4/c1-3-4-5-6-7-8-13-30-20(27)18-15(2)24-21-22-14-23-25(21)19(18)16-9-11-17(12-10-16)26(28)29/h9-12,14,19H,3-8,13H2,1-2H3,(H,22,23,24)/t19-/m0/s1. The number of allylic oxidation sites excluding steroid dienone is 1. The number of non-ortho nitro benzene ring substituents is 1. The zero-order valence-electron chi connectivity index (χ0n) is 17.3. The van der Waals surface area contributed by atoms with Gasteiger partial charge < -0.3 is 10.1 Å². The van der Waals surface area contributed by atoms with Gasteiger partial charge in [0.25, 0.3) is 5.69 Å². The first-order valence-electron chi connectivity index (χ1n) is 10.3. The van der Waals surface area contributed by atoms with Crippen LogP contribution < -0.4 is 5.32 Å². The maximum Gasteiger partial charge on any atom is 0.338 e. The monoisotopic (exact) mass is 413 g/mol. The molecule has 0 unspecified atom stereocenters. The zero-order valence-corrected chi connectivity index (χ0v) is 17.3. The SMILES string of the molecule is CCCCCCCCOC(=O)C1=C(C)Nc2ncnn2[C@H]1c1ccc([N+](=O)[O-])cc1. The maximum atomic E-state index is 12.9. The summed E-state index contributed by atoms with van der Waals surface area (Å²) in [4.78, 5) is 27.7. The van der Waals surface area contributed by atoms with Gasteiger partial charge in [-0.25, -0.2) is 9.48 Å². The van der Waals surface area contributed by atoms with Gasteiger partial charge in [-0.1, -0.05) is 39.0 Å². The quantitative estimate of drug-likeness (QED) is 0.266. The number of carbonyl (C=O) groups excluding carboxylic acids is 1. The molecule has 0 aliphatic carbocycles. The smallest absolute Gasteiger partial charge is 0.338 e. The van der Waals surface area contributed by atoms with E-state index in [4.69, 9.17) is 4.74 Å². The van der Waals surface area contributed by atoms with Gasteiger partial charge in [0, 0.05) is 17.8 Å². The minimum atomic E-state index is -0.568. The Labute approximate surface area is 175 Å². The van der Waals surface area contributed by atoms with E-state index in [1.165, 1.54) is 37.7 Å². The van der Waals surface area contributed by atoms with Crippen molar-refractivity contribution in [3.63, 3.8) is 0 Å². The van der Waals surface area contributed by atoms with E-state index in [1.807, 2.05) is 0 Å². The topological polar surface area (TPSA) is 112 Å². The van der Waals surface area contributed by atoms with E-state index in [9.17, 15) is 14.9 Å². The Morgan fingerprint density at radius 3 is 2.60 bits per heavy atom.